The molecule has 0 aliphatic heterocycles. The molecule has 0 aliphatic rings. The molecule has 9 heteroatoms. The topological polar surface area (TPSA) is 94.3 Å². The van der Waals surface area contributed by atoms with Crippen LogP contribution < -0.4 is 9.46 Å². The first-order valence-electron chi connectivity index (χ1n) is 7.65. The van der Waals surface area contributed by atoms with Crippen molar-refractivity contribution in [3.63, 3.8) is 0 Å². The molecule has 0 saturated heterocycles. The highest BCUT2D eigenvalue weighted by Gasteiger charge is 2.23. The molecule has 2 aromatic carbocycles. The smallest absolute Gasteiger partial charge is 0.244 e. The number of para-hydroxylation sites is 1. The molecular formula is C17H16ClN3O4S. The van der Waals surface area contributed by atoms with Crippen molar-refractivity contribution in [3.05, 3.63) is 59.4 Å². The van der Waals surface area contributed by atoms with Gasteiger partial charge in [-0.3, -0.25) is 0 Å². The van der Waals surface area contributed by atoms with Crippen molar-refractivity contribution in [1.29, 1.82) is 0 Å². The van der Waals surface area contributed by atoms with Gasteiger partial charge in [-0.15, -0.1) is 0 Å². The van der Waals surface area contributed by atoms with Gasteiger partial charge in [-0.25, -0.2) is 8.42 Å². The fourth-order valence-electron chi connectivity index (χ4n) is 2.31. The minimum atomic E-state index is -3.75. The average Bonchev–Trinajstić information content (AvgIpc) is 3.12. The van der Waals surface area contributed by atoms with E-state index in [2.05, 4.69) is 14.9 Å². The number of nitrogens with zero attached hydrogens (tertiary/aromatic N) is 2. The van der Waals surface area contributed by atoms with Crippen molar-refractivity contribution in [3.8, 4) is 17.1 Å². The lowest BCUT2D eigenvalue weighted by atomic mass is 10.2. The summed E-state index contributed by atoms with van der Waals surface area (Å²) in [6.45, 7) is 1.62. The third-order valence-corrected chi connectivity index (χ3v) is 5.42. The van der Waals surface area contributed by atoms with Gasteiger partial charge in [0, 0.05) is 5.02 Å². The second-order valence-corrected chi connectivity index (χ2v) is 7.60. The summed E-state index contributed by atoms with van der Waals surface area (Å²) in [4.78, 5) is 4.37. The van der Waals surface area contributed by atoms with E-state index in [-0.39, 0.29) is 10.8 Å². The van der Waals surface area contributed by atoms with Crippen molar-refractivity contribution in [2.45, 2.75) is 17.9 Å². The molecule has 0 bridgehead atoms. The molecule has 1 aromatic heterocycles. The Morgan fingerprint density at radius 1 is 1.15 bits per heavy atom. The summed E-state index contributed by atoms with van der Waals surface area (Å²) in [7, 11) is -2.21. The Kier molecular flexibility index (Phi) is 5.26. The van der Waals surface area contributed by atoms with Gasteiger partial charge in [0.2, 0.25) is 21.7 Å². The Morgan fingerprint density at radius 3 is 2.54 bits per heavy atom. The second-order valence-electron chi connectivity index (χ2n) is 5.45. The van der Waals surface area contributed by atoms with Gasteiger partial charge in [-0.05, 0) is 43.3 Å². The molecule has 0 aliphatic carbocycles. The molecule has 0 radical (unpaired) electrons. The highest BCUT2D eigenvalue weighted by Crippen LogP contribution is 2.28. The van der Waals surface area contributed by atoms with Crippen LogP contribution in [0.5, 0.6) is 5.75 Å². The van der Waals surface area contributed by atoms with Crippen LogP contribution >= 0.6 is 11.6 Å². The zero-order valence-electron chi connectivity index (χ0n) is 14.0. The molecule has 0 saturated carbocycles. The Bertz CT molecular complexity index is 1000. The summed E-state index contributed by atoms with van der Waals surface area (Å²) in [5.41, 5.74) is 0.651. The molecule has 7 nitrogen and oxygen atoms in total. The van der Waals surface area contributed by atoms with Gasteiger partial charge >= 0.3 is 0 Å². The van der Waals surface area contributed by atoms with Gasteiger partial charge in [0.05, 0.1) is 23.6 Å². The van der Waals surface area contributed by atoms with Crippen molar-refractivity contribution in [2.75, 3.05) is 7.11 Å². The molecule has 1 atom stereocenters. The number of aromatic nitrogens is 2. The van der Waals surface area contributed by atoms with Crippen molar-refractivity contribution in [2.24, 2.45) is 0 Å². The normalized spacial score (nSPS) is 12.7. The highest BCUT2D eigenvalue weighted by atomic mass is 35.5. The lowest BCUT2D eigenvalue weighted by Crippen LogP contribution is -2.27. The monoisotopic (exact) mass is 393 g/mol. The molecule has 26 heavy (non-hydrogen) atoms. The van der Waals surface area contributed by atoms with Crippen molar-refractivity contribution < 1.29 is 17.7 Å². The van der Waals surface area contributed by atoms with Crippen molar-refractivity contribution in [1.82, 2.24) is 14.9 Å². The standard InChI is InChI=1S/C17H16ClN3O4S/c1-11(21-26(22,23)13-9-7-12(18)8-10-13)17-19-16(20-25-17)14-5-3-4-6-15(14)24-2/h3-11,21H,1-2H3/t11-/m0/s1. The van der Waals surface area contributed by atoms with Crippen LogP contribution in [-0.2, 0) is 10.0 Å². The van der Waals surface area contributed by atoms with E-state index in [0.717, 1.165) is 0 Å². The minimum absolute atomic E-state index is 0.0956. The molecular weight excluding hydrogens is 378 g/mol. The van der Waals surface area contributed by atoms with Gasteiger partial charge in [-0.2, -0.15) is 9.71 Å². The van der Waals surface area contributed by atoms with Crippen LogP contribution in [0.2, 0.25) is 5.02 Å². The van der Waals surface area contributed by atoms with E-state index >= 15 is 0 Å². The molecule has 0 unspecified atom stereocenters. The van der Waals surface area contributed by atoms with Crippen LogP contribution in [0.3, 0.4) is 0 Å². The maximum Gasteiger partial charge on any atom is 0.244 e. The first kappa shape index (κ1) is 18.4. The van der Waals surface area contributed by atoms with E-state index in [4.69, 9.17) is 20.9 Å². The zero-order valence-corrected chi connectivity index (χ0v) is 15.6. The van der Waals surface area contributed by atoms with Gasteiger partial charge in [-0.1, -0.05) is 28.9 Å². The van der Waals surface area contributed by atoms with Gasteiger partial charge in [0.15, 0.2) is 0 Å². The SMILES string of the molecule is COc1ccccc1-c1noc([C@H](C)NS(=O)(=O)c2ccc(Cl)cc2)n1. The summed E-state index contributed by atoms with van der Waals surface area (Å²) in [5.74, 6) is 1.05. The third kappa shape index (κ3) is 3.87. The number of benzene rings is 2. The number of sulfonamides is 1. The van der Waals surface area contributed by atoms with Crippen LogP contribution in [0.4, 0.5) is 0 Å². The number of halogens is 1. The van der Waals surface area contributed by atoms with Crippen LogP contribution in [0, 0.1) is 0 Å². The van der Waals surface area contributed by atoms with E-state index in [0.29, 0.717) is 22.2 Å². The number of hydrogen-bond donors (Lipinski definition) is 1. The maximum atomic E-state index is 12.4. The van der Waals surface area contributed by atoms with E-state index < -0.39 is 16.1 Å². The Morgan fingerprint density at radius 2 is 1.85 bits per heavy atom. The highest BCUT2D eigenvalue weighted by molar-refractivity contribution is 7.89. The fourth-order valence-corrected chi connectivity index (χ4v) is 3.64. The first-order valence-corrected chi connectivity index (χ1v) is 9.52. The molecule has 136 valence electrons. The lowest BCUT2D eigenvalue weighted by Gasteiger charge is -2.10. The number of rotatable bonds is 6. The second kappa shape index (κ2) is 7.45. The predicted octanol–water partition coefficient (Wildman–Crippen LogP) is 3.44. The Hall–Kier alpha value is -2.42. The molecule has 3 aromatic rings. The van der Waals surface area contributed by atoms with Crippen LogP contribution in [0.15, 0.2) is 57.9 Å². The fraction of sp³-hybridized carbons (Fsp3) is 0.176. The van der Waals surface area contributed by atoms with E-state index in [1.807, 2.05) is 12.1 Å². The number of nitrogens with one attached hydrogen (secondary N) is 1. The summed E-state index contributed by atoms with van der Waals surface area (Å²) < 4.78 is 37.9. The predicted molar refractivity (Wildman–Crippen MR) is 96.5 cm³/mol. The largest absolute Gasteiger partial charge is 0.496 e. The minimum Gasteiger partial charge on any atom is -0.496 e. The number of methoxy groups -OCH3 is 1. The summed E-state index contributed by atoms with van der Waals surface area (Å²) >= 11 is 5.79. The zero-order chi connectivity index (χ0) is 18.7. The molecule has 3 rings (SSSR count). The Labute approximate surface area is 156 Å². The average molecular weight is 394 g/mol. The molecule has 0 spiro atoms. The van der Waals surface area contributed by atoms with Crippen LogP contribution in [0.1, 0.15) is 18.9 Å². The van der Waals surface area contributed by atoms with Crippen LogP contribution in [0.25, 0.3) is 11.4 Å². The van der Waals surface area contributed by atoms with E-state index in [1.165, 1.54) is 24.3 Å². The van der Waals surface area contributed by atoms with Gasteiger partial charge in [0.1, 0.15) is 5.75 Å². The number of ether oxygens (including phenoxy) is 1. The summed E-state index contributed by atoms with van der Waals surface area (Å²) in [6.07, 6.45) is 0. The molecule has 0 fully saturated rings. The summed E-state index contributed by atoms with van der Waals surface area (Å²) in [5, 5.41) is 4.37. The van der Waals surface area contributed by atoms with E-state index in [9.17, 15) is 8.42 Å². The summed E-state index contributed by atoms with van der Waals surface area (Å²) in [6, 6.07) is 12.4. The third-order valence-electron chi connectivity index (χ3n) is 3.62. The van der Waals surface area contributed by atoms with Crippen LogP contribution in [-0.4, -0.2) is 25.7 Å². The molecule has 1 heterocycles. The van der Waals surface area contributed by atoms with Gasteiger partial charge < -0.3 is 9.26 Å². The van der Waals surface area contributed by atoms with Crippen molar-refractivity contribution >= 4 is 21.6 Å². The van der Waals surface area contributed by atoms with E-state index in [1.54, 1.807) is 26.2 Å². The lowest BCUT2D eigenvalue weighted by molar-refractivity contribution is 0.353. The molecule has 1 N–H and O–H groups in total. The first-order chi connectivity index (χ1) is 12.4. The molecule has 0 amide bonds. The Balaban J connectivity index is 1.82. The maximum absolute atomic E-state index is 12.4. The van der Waals surface area contributed by atoms with Gasteiger partial charge in [0.25, 0.3) is 0 Å². The number of hydrogen-bond acceptors (Lipinski definition) is 6. The quantitative estimate of drug-likeness (QED) is 0.689.